The van der Waals surface area contributed by atoms with Gasteiger partial charge >= 0.3 is 0 Å². The van der Waals surface area contributed by atoms with Crippen molar-refractivity contribution < 1.29 is 18.3 Å². The van der Waals surface area contributed by atoms with Crippen molar-refractivity contribution in [1.29, 1.82) is 0 Å². The maximum Gasteiger partial charge on any atom is 0.248 e. The summed E-state index contributed by atoms with van der Waals surface area (Å²) in [5, 5.41) is 6.03. The average molecular weight is 466 g/mol. The second-order valence-electron chi connectivity index (χ2n) is 8.31. The molecule has 0 aliphatic rings. The number of fused-ring (bicyclic) bond motifs is 2. The second kappa shape index (κ2) is 9.47. The van der Waals surface area contributed by atoms with Gasteiger partial charge in [0.1, 0.15) is 17.1 Å². The van der Waals surface area contributed by atoms with Crippen LogP contribution in [-0.2, 0) is 4.79 Å². The molecule has 4 aromatic carbocycles. The van der Waals surface area contributed by atoms with E-state index in [2.05, 4.69) is 35.6 Å². The number of allylic oxidation sites excluding steroid dienone is 1. The van der Waals surface area contributed by atoms with Crippen LogP contribution in [0, 0.1) is 5.82 Å². The molecular weight excluding hydrogens is 441 g/mol. The summed E-state index contributed by atoms with van der Waals surface area (Å²) in [5.74, 6) is -0.0203. The first-order chi connectivity index (χ1) is 17.0. The topological polar surface area (TPSA) is 51.5 Å². The van der Waals surface area contributed by atoms with E-state index in [1.54, 1.807) is 6.26 Å². The molecule has 0 aliphatic carbocycles. The molecule has 4 nitrogen and oxygen atoms in total. The van der Waals surface area contributed by atoms with Gasteiger partial charge in [0, 0.05) is 34.3 Å². The lowest BCUT2D eigenvalue weighted by Gasteiger charge is -2.12. The third-order valence-electron chi connectivity index (χ3n) is 5.92. The number of ether oxygens (including phenoxy) is 1. The summed E-state index contributed by atoms with van der Waals surface area (Å²) < 4.78 is 24.9. The lowest BCUT2D eigenvalue weighted by Crippen LogP contribution is -2.08. The molecule has 0 unspecified atom stereocenters. The summed E-state index contributed by atoms with van der Waals surface area (Å²) in [6.45, 7) is 4.26. The zero-order valence-electron chi connectivity index (χ0n) is 19.5. The van der Waals surface area contributed by atoms with Crippen LogP contribution in [0.4, 0.5) is 10.1 Å². The molecule has 0 aliphatic heterocycles. The van der Waals surface area contributed by atoms with Crippen LogP contribution < -0.4 is 10.1 Å². The fourth-order valence-electron chi connectivity index (χ4n) is 4.20. The standard InChI is InChI=1S/C30H24FNO3/c1-3-34-28-17-29-26(27(18-35-29)22-9-8-20-6-4-5-7-21(20)15-22)16-25(28)19(2)14-30(33)32-24-12-10-23(31)11-13-24/h4-18H,3H2,1-2H3,(H,32,33)/b19-14+. The van der Waals surface area contributed by atoms with Gasteiger partial charge in [-0.15, -0.1) is 0 Å². The molecule has 5 aromatic rings. The van der Waals surface area contributed by atoms with Crippen LogP contribution in [0.3, 0.4) is 0 Å². The molecule has 0 atom stereocenters. The van der Waals surface area contributed by atoms with Crippen molar-refractivity contribution in [2.45, 2.75) is 13.8 Å². The highest BCUT2D eigenvalue weighted by molar-refractivity contribution is 6.05. The lowest BCUT2D eigenvalue weighted by molar-refractivity contribution is -0.111. The van der Waals surface area contributed by atoms with Gasteiger partial charge in [-0.25, -0.2) is 4.39 Å². The largest absolute Gasteiger partial charge is 0.493 e. The zero-order valence-corrected chi connectivity index (χ0v) is 19.5. The van der Waals surface area contributed by atoms with Crippen LogP contribution in [0.1, 0.15) is 19.4 Å². The SMILES string of the molecule is CCOc1cc2occ(-c3ccc4ccccc4c3)c2cc1/C(C)=C/C(=O)Nc1ccc(F)cc1. The van der Waals surface area contributed by atoms with Gasteiger partial charge in [-0.1, -0.05) is 36.4 Å². The van der Waals surface area contributed by atoms with Crippen molar-refractivity contribution in [3.63, 3.8) is 0 Å². The number of furan rings is 1. The fourth-order valence-corrected chi connectivity index (χ4v) is 4.20. The first-order valence-electron chi connectivity index (χ1n) is 11.4. The van der Waals surface area contributed by atoms with E-state index in [1.807, 2.05) is 38.1 Å². The van der Waals surface area contributed by atoms with E-state index in [1.165, 1.54) is 35.7 Å². The summed E-state index contributed by atoms with van der Waals surface area (Å²) in [7, 11) is 0. The van der Waals surface area contributed by atoms with Crippen molar-refractivity contribution in [2.75, 3.05) is 11.9 Å². The van der Waals surface area contributed by atoms with Gasteiger partial charge < -0.3 is 14.5 Å². The molecule has 1 amide bonds. The van der Waals surface area contributed by atoms with E-state index in [4.69, 9.17) is 9.15 Å². The monoisotopic (exact) mass is 465 g/mol. The molecule has 5 rings (SSSR count). The highest BCUT2D eigenvalue weighted by Gasteiger charge is 2.16. The Labute approximate surface area is 202 Å². The highest BCUT2D eigenvalue weighted by atomic mass is 19.1. The molecule has 1 aromatic heterocycles. The van der Waals surface area contributed by atoms with E-state index < -0.39 is 0 Å². The van der Waals surface area contributed by atoms with E-state index in [0.29, 0.717) is 23.6 Å². The number of carbonyl (C=O) groups is 1. The molecule has 0 bridgehead atoms. The number of halogens is 1. The molecule has 174 valence electrons. The van der Waals surface area contributed by atoms with E-state index in [0.717, 1.165) is 33.0 Å². The van der Waals surface area contributed by atoms with Crippen molar-refractivity contribution in [3.8, 4) is 16.9 Å². The third-order valence-corrected chi connectivity index (χ3v) is 5.92. The first-order valence-corrected chi connectivity index (χ1v) is 11.4. The number of carbonyl (C=O) groups excluding carboxylic acids is 1. The van der Waals surface area contributed by atoms with E-state index in [-0.39, 0.29) is 11.7 Å². The van der Waals surface area contributed by atoms with Crippen LogP contribution in [0.2, 0.25) is 0 Å². The molecule has 0 spiro atoms. The molecular formula is C30H24FNO3. The molecule has 0 saturated heterocycles. The van der Waals surface area contributed by atoms with Crippen LogP contribution in [0.25, 0.3) is 38.4 Å². The molecule has 0 saturated carbocycles. The predicted octanol–water partition coefficient (Wildman–Crippen LogP) is 7.83. The summed E-state index contributed by atoms with van der Waals surface area (Å²) in [4.78, 5) is 12.6. The number of nitrogens with one attached hydrogen (secondary N) is 1. The van der Waals surface area contributed by atoms with Crippen molar-refractivity contribution in [3.05, 3.63) is 103 Å². The normalized spacial score (nSPS) is 11.7. The van der Waals surface area contributed by atoms with Crippen LogP contribution >= 0.6 is 0 Å². The Morgan fingerprint density at radius 1 is 1.00 bits per heavy atom. The first kappa shape index (κ1) is 22.4. The Morgan fingerprint density at radius 2 is 1.77 bits per heavy atom. The van der Waals surface area contributed by atoms with Crippen molar-refractivity contribution >= 4 is 38.9 Å². The number of rotatable bonds is 6. The minimum atomic E-state index is -0.355. The minimum Gasteiger partial charge on any atom is -0.493 e. The number of anilines is 1. The lowest BCUT2D eigenvalue weighted by atomic mass is 9.97. The zero-order chi connectivity index (χ0) is 24.4. The van der Waals surface area contributed by atoms with Gasteiger partial charge in [0.15, 0.2) is 0 Å². The van der Waals surface area contributed by atoms with Crippen molar-refractivity contribution in [1.82, 2.24) is 0 Å². The molecule has 1 heterocycles. The van der Waals surface area contributed by atoms with Gasteiger partial charge in [0.05, 0.1) is 12.9 Å². The molecule has 5 heteroatoms. The maximum atomic E-state index is 13.2. The van der Waals surface area contributed by atoms with Gasteiger partial charge in [-0.3, -0.25) is 4.79 Å². The molecule has 35 heavy (non-hydrogen) atoms. The fraction of sp³-hybridized carbons (Fsp3) is 0.100. The number of benzene rings is 4. The molecule has 0 radical (unpaired) electrons. The average Bonchev–Trinajstić information content (AvgIpc) is 3.27. The number of hydrogen-bond acceptors (Lipinski definition) is 3. The minimum absolute atomic E-state index is 0.307. The quantitative estimate of drug-likeness (QED) is 0.260. The second-order valence-corrected chi connectivity index (χ2v) is 8.31. The van der Waals surface area contributed by atoms with Gasteiger partial charge in [-0.2, -0.15) is 0 Å². The Kier molecular flexibility index (Phi) is 6.06. The van der Waals surface area contributed by atoms with Gasteiger partial charge in [0.2, 0.25) is 5.91 Å². The Hall–Kier alpha value is -4.38. The van der Waals surface area contributed by atoms with Gasteiger partial charge in [0.25, 0.3) is 0 Å². The third kappa shape index (κ3) is 4.66. The smallest absolute Gasteiger partial charge is 0.248 e. The summed E-state index contributed by atoms with van der Waals surface area (Å²) in [5.41, 5.74) is 4.79. The molecule has 0 fully saturated rings. The number of amides is 1. The molecule has 1 N–H and O–H groups in total. The van der Waals surface area contributed by atoms with Crippen LogP contribution in [-0.4, -0.2) is 12.5 Å². The van der Waals surface area contributed by atoms with Crippen molar-refractivity contribution in [2.24, 2.45) is 0 Å². The summed E-state index contributed by atoms with van der Waals surface area (Å²) >= 11 is 0. The van der Waals surface area contributed by atoms with Crippen LogP contribution in [0.15, 0.2) is 95.6 Å². The van der Waals surface area contributed by atoms with Gasteiger partial charge in [-0.05, 0) is 72.2 Å². The number of hydrogen-bond donors (Lipinski definition) is 1. The summed E-state index contributed by atoms with van der Waals surface area (Å²) in [6.07, 6.45) is 3.28. The van der Waals surface area contributed by atoms with E-state index in [9.17, 15) is 9.18 Å². The Bertz CT molecular complexity index is 1560. The van der Waals surface area contributed by atoms with Crippen LogP contribution in [0.5, 0.6) is 5.75 Å². The predicted molar refractivity (Wildman–Crippen MR) is 139 cm³/mol. The highest BCUT2D eigenvalue weighted by Crippen LogP contribution is 2.38. The Balaban J connectivity index is 1.54. The Morgan fingerprint density at radius 3 is 2.54 bits per heavy atom. The van der Waals surface area contributed by atoms with E-state index >= 15 is 0 Å². The summed E-state index contributed by atoms with van der Waals surface area (Å²) in [6, 6.07) is 24.1. The maximum absolute atomic E-state index is 13.2.